The van der Waals surface area contributed by atoms with Crippen LogP contribution >= 0.6 is 0 Å². The number of carbonyl (C=O) groups is 2. The number of nitrogens with two attached hydrogens (primary N) is 2. The zero-order valence-corrected chi connectivity index (χ0v) is 10.6. The van der Waals surface area contributed by atoms with Crippen molar-refractivity contribution in [3.8, 4) is 0 Å². The molecule has 6 heteroatoms. The van der Waals surface area contributed by atoms with E-state index in [1.165, 1.54) is 0 Å². The van der Waals surface area contributed by atoms with Crippen molar-refractivity contribution >= 4 is 11.9 Å². The van der Waals surface area contributed by atoms with Gasteiger partial charge in [0.15, 0.2) is 0 Å². The average molecular weight is 265 g/mol. The molecule has 1 aromatic carbocycles. The van der Waals surface area contributed by atoms with Crippen LogP contribution in [-0.4, -0.2) is 29.6 Å². The maximum absolute atomic E-state index is 10.9. The number of hydrogen-bond donors (Lipinski definition) is 4. The summed E-state index contributed by atoms with van der Waals surface area (Å²) in [6.45, 7) is 1.35. The highest BCUT2D eigenvalue weighted by atomic mass is 16.4. The largest absolute Gasteiger partial charge is 0.480 e. The van der Waals surface area contributed by atoms with Crippen LogP contribution in [0.3, 0.4) is 0 Å². The van der Waals surface area contributed by atoms with Gasteiger partial charge in [0.1, 0.15) is 6.04 Å². The van der Waals surface area contributed by atoms with Gasteiger partial charge < -0.3 is 21.9 Å². The standard InChI is InChI=1S/C13H19N3O3/c14-11(13(18)19)2-1-7-16-8-9-3-5-10(6-4-9)12(15)17/h3-6,11,16H,1-2,7-8,14H2,(H2,15,17)(H,18,19). The van der Waals surface area contributed by atoms with Gasteiger partial charge in [0.2, 0.25) is 5.91 Å². The van der Waals surface area contributed by atoms with Gasteiger partial charge >= 0.3 is 5.97 Å². The van der Waals surface area contributed by atoms with E-state index in [0.29, 0.717) is 31.5 Å². The van der Waals surface area contributed by atoms with Crippen LogP contribution in [0.15, 0.2) is 24.3 Å². The van der Waals surface area contributed by atoms with Crippen molar-refractivity contribution in [1.82, 2.24) is 5.32 Å². The highest BCUT2D eigenvalue weighted by Gasteiger charge is 2.09. The number of carboxylic acids is 1. The summed E-state index contributed by atoms with van der Waals surface area (Å²) in [4.78, 5) is 21.4. The van der Waals surface area contributed by atoms with Crippen LogP contribution in [0.1, 0.15) is 28.8 Å². The number of hydrogen-bond acceptors (Lipinski definition) is 4. The lowest BCUT2D eigenvalue weighted by atomic mass is 10.1. The summed E-state index contributed by atoms with van der Waals surface area (Å²) in [6.07, 6.45) is 1.15. The highest BCUT2D eigenvalue weighted by molar-refractivity contribution is 5.92. The predicted molar refractivity (Wildman–Crippen MR) is 71.5 cm³/mol. The van der Waals surface area contributed by atoms with Crippen LogP contribution < -0.4 is 16.8 Å². The Hall–Kier alpha value is -1.92. The topological polar surface area (TPSA) is 118 Å². The van der Waals surface area contributed by atoms with Gasteiger partial charge in [-0.25, -0.2) is 0 Å². The smallest absolute Gasteiger partial charge is 0.320 e. The zero-order chi connectivity index (χ0) is 14.3. The first-order chi connectivity index (χ1) is 9.00. The molecular formula is C13H19N3O3. The maximum atomic E-state index is 10.9. The lowest BCUT2D eigenvalue weighted by Crippen LogP contribution is -2.30. The van der Waals surface area contributed by atoms with Crippen LogP contribution in [0.4, 0.5) is 0 Å². The van der Waals surface area contributed by atoms with E-state index in [0.717, 1.165) is 5.56 Å². The molecule has 1 rings (SSSR count). The van der Waals surface area contributed by atoms with Crippen molar-refractivity contribution in [3.05, 3.63) is 35.4 Å². The second-order valence-corrected chi connectivity index (χ2v) is 4.32. The van der Waals surface area contributed by atoms with E-state index in [2.05, 4.69) is 5.32 Å². The van der Waals surface area contributed by atoms with Crippen LogP contribution in [0, 0.1) is 0 Å². The molecule has 6 N–H and O–H groups in total. The number of nitrogens with one attached hydrogen (secondary N) is 1. The third-order valence-electron chi connectivity index (χ3n) is 2.75. The monoisotopic (exact) mass is 265 g/mol. The minimum Gasteiger partial charge on any atom is -0.480 e. The molecule has 0 saturated heterocycles. The van der Waals surface area contributed by atoms with Crippen LogP contribution in [-0.2, 0) is 11.3 Å². The molecule has 0 aromatic heterocycles. The van der Waals surface area contributed by atoms with Crippen LogP contribution in [0.2, 0.25) is 0 Å². The minimum atomic E-state index is -0.970. The quantitative estimate of drug-likeness (QED) is 0.496. The van der Waals surface area contributed by atoms with E-state index < -0.39 is 17.9 Å². The van der Waals surface area contributed by atoms with Gasteiger partial charge in [-0.1, -0.05) is 12.1 Å². The van der Waals surface area contributed by atoms with Gasteiger partial charge in [-0.2, -0.15) is 0 Å². The number of aliphatic carboxylic acids is 1. The molecule has 1 aromatic rings. The summed E-state index contributed by atoms with van der Waals surface area (Å²) in [6, 6.07) is 6.22. The Balaban J connectivity index is 2.22. The molecule has 1 atom stereocenters. The number of amides is 1. The van der Waals surface area contributed by atoms with Crippen molar-refractivity contribution in [2.45, 2.75) is 25.4 Å². The molecule has 0 aliphatic carbocycles. The number of carboxylic acid groups (broad SMARTS) is 1. The lowest BCUT2D eigenvalue weighted by Gasteiger charge is -2.07. The van der Waals surface area contributed by atoms with E-state index in [1.54, 1.807) is 12.1 Å². The van der Waals surface area contributed by atoms with Crippen LogP contribution in [0.25, 0.3) is 0 Å². The number of primary amides is 1. The van der Waals surface area contributed by atoms with Gasteiger partial charge in [-0.15, -0.1) is 0 Å². The number of rotatable bonds is 8. The van der Waals surface area contributed by atoms with Crippen molar-refractivity contribution < 1.29 is 14.7 Å². The molecule has 0 spiro atoms. The predicted octanol–water partition coefficient (Wildman–Crippen LogP) is 0.0672. The number of benzene rings is 1. The summed E-state index contributed by atoms with van der Waals surface area (Å²) in [5.74, 6) is -1.41. The SMILES string of the molecule is NC(=O)c1ccc(CNCCCC(N)C(=O)O)cc1. The normalized spacial score (nSPS) is 12.1. The first kappa shape index (κ1) is 15.1. The fourth-order valence-corrected chi connectivity index (χ4v) is 1.59. The zero-order valence-electron chi connectivity index (χ0n) is 10.6. The van der Waals surface area contributed by atoms with Crippen molar-refractivity contribution in [2.75, 3.05) is 6.54 Å². The van der Waals surface area contributed by atoms with Crippen molar-refractivity contribution in [2.24, 2.45) is 11.5 Å². The third kappa shape index (κ3) is 5.50. The Labute approximate surface area is 111 Å². The minimum absolute atomic E-state index is 0.442. The van der Waals surface area contributed by atoms with E-state index in [9.17, 15) is 9.59 Å². The fourth-order valence-electron chi connectivity index (χ4n) is 1.59. The molecule has 0 saturated carbocycles. The molecule has 19 heavy (non-hydrogen) atoms. The molecule has 0 radical (unpaired) electrons. The maximum Gasteiger partial charge on any atom is 0.320 e. The second-order valence-electron chi connectivity index (χ2n) is 4.32. The molecule has 104 valence electrons. The van der Waals surface area contributed by atoms with Gasteiger partial charge in [-0.3, -0.25) is 9.59 Å². The molecule has 0 fully saturated rings. The third-order valence-corrected chi connectivity index (χ3v) is 2.75. The average Bonchev–Trinajstić information content (AvgIpc) is 2.38. The molecule has 0 aliphatic heterocycles. The summed E-state index contributed by atoms with van der Waals surface area (Å²) in [5, 5.41) is 11.8. The Morgan fingerprint density at radius 2 is 1.89 bits per heavy atom. The lowest BCUT2D eigenvalue weighted by molar-refractivity contribution is -0.138. The van der Waals surface area contributed by atoms with E-state index in [-0.39, 0.29) is 0 Å². The molecule has 1 amide bonds. The van der Waals surface area contributed by atoms with Gasteiger partial charge in [0, 0.05) is 12.1 Å². The molecule has 0 bridgehead atoms. The first-order valence-corrected chi connectivity index (χ1v) is 6.08. The van der Waals surface area contributed by atoms with Gasteiger partial charge in [0.25, 0.3) is 0 Å². The second kappa shape index (κ2) is 7.50. The Bertz CT molecular complexity index is 431. The molecule has 0 heterocycles. The van der Waals surface area contributed by atoms with E-state index >= 15 is 0 Å². The van der Waals surface area contributed by atoms with Crippen molar-refractivity contribution in [3.63, 3.8) is 0 Å². The molecular weight excluding hydrogens is 246 g/mol. The highest BCUT2D eigenvalue weighted by Crippen LogP contribution is 2.03. The number of carbonyl (C=O) groups excluding carboxylic acids is 1. The molecule has 0 aliphatic rings. The Kier molecular flexibility index (Phi) is 5.98. The van der Waals surface area contributed by atoms with E-state index in [1.807, 2.05) is 12.1 Å². The summed E-state index contributed by atoms with van der Waals surface area (Å²) >= 11 is 0. The summed E-state index contributed by atoms with van der Waals surface area (Å²) in [7, 11) is 0. The Morgan fingerprint density at radius 3 is 2.42 bits per heavy atom. The van der Waals surface area contributed by atoms with Gasteiger partial charge in [-0.05, 0) is 37.1 Å². The van der Waals surface area contributed by atoms with Gasteiger partial charge in [0.05, 0.1) is 0 Å². The molecule has 6 nitrogen and oxygen atoms in total. The molecule has 1 unspecified atom stereocenters. The summed E-state index contributed by atoms with van der Waals surface area (Å²) < 4.78 is 0. The first-order valence-electron chi connectivity index (χ1n) is 6.08. The fraction of sp³-hybridized carbons (Fsp3) is 0.385. The summed E-state index contributed by atoms with van der Waals surface area (Å²) in [5.41, 5.74) is 12.0. The van der Waals surface area contributed by atoms with E-state index in [4.69, 9.17) is 16.6 Å². The Morgan fingerprint density at radius 1 is 1.26 bits per heavy atom. The van der Waals surface area contributed by atoms with Crippen molar-refractivity contribution in [1.29, 1.82) is 0 Å². The van der Waals surface area contributed by atoms with Crippen LogP contribution in [0.5, 0.6) is 0 Å².